The highest BCUT2D eigenvalue weighted by molar-refractivity contribution is 5.83. The van der Waals surface area contributed by atoms with Crippen molar-refractivity contribution >= 4 is 12.0 Å². The zero-order valence-electron chi connectivity index (χ0n) is 12.9. The Labute approximate surface area is 124 Å². The molecule has 2 N–H and O–H groups in total. The van der Waals surface area contributed by atoms with Gasteiger partial charge in [0.1, 0.15) is 6.04 Å². The maximum Gasteiger partial charge on any atom is 0.326 e. The number of carboxylic acid groups (broad SMARTS) is 1. The van der Waals surface area contributed by atoms with Gasteiger partial charge in [0, 0.05) is 20.0 Å². The first-order chi connectivity index (χ1) is 9.69. The molecular weight excluding hydrogens is 272 g/mol. The number of nitrogens with one attached hydrogen (secondary N) is 1. The number of carboxylic acids is 1. The lowest BCUT2D eigenvalue weighted by molar-refractivity contribution is -0.142. The average molecular weight is 294 g/mol. The van der Waals surface area contributed by atoms with Crippen molar-refractivity contribution in [2.75, 3.05) is 13.6 Å². The lowest BCUT2D eigenvalue weighted by Crippen LogP contribution is -2.53. The second-order valence-corrected chi connectivity index (χ2v) is 6.71. The third-order valence-electron chi connectivity index (χ3n) is 3.47. The zero-order valence-corrected chi connectivity index (χ0v) is 12.9. The summed E-state index contributed by atoms with van der Waals surface area (Å²) >= 11 is 0. The van der Waals surface area contributed by atoms with E-state index in [2.05, 4.69) is 9.97 Å². The minimum absolute atomic E-state index is 0.0436. The molecule has 1 aromatic rings. The van der Waals surface area contributed by atoms with Gasteiger partial charge < -0.3 is 19.9 Å². The number of aliphatic carboxylic acids is 1. The highest BCUT2D eigenvalue weighted by atomic mass is 16.4. The molecule has 7 heteroatoms. The normalized spacial score (nSPS) is 18.3. The molecule has 0 fully saturated rings. The van der Waals surface area contributed by atoms with Crippen LogP contribution in [0.3, 0.4) is 0 Å². The fourth-order valence-corrected chi connectivity index (χ4v) is 2.66. The van der Waals surface area contributed by atoms with Crippen molar-refractivity contribution in [2.24, 2.45) is 5.41 Å². The quantitative estimate of drug-likeness (QED) is 0.861. The third kappa shape index (κ3) is 3.34. The van der Waals surface area contributed by atoms with Gasteiger partial charge >= 0.3 is 12.0 Å². The van der Waals surface area contributed by atoms with E-state index in [4.69, 9.17) is 0 Å². The first-order valence-corrected chi connectivity index (χ1v) is 6.95. The average Bonchev–Trinajstić information content (AvgIpc) is 2.81. The number of fused-ring (bicyclic) bond motifs is 1. The second kappa shape index (κ2) is 5.38. The predicted molar refractivity (Wildman–Crippen MR) is 76.7 cm³/mol. The van der Waals surface area contributed by atoms with Crippen molar-refractivity contribution in [3.63, 3.8) is 0 Å². The first-order valence-electron chi connectivity index (χ1n) is 6.95. The highest BCUT2D eigenvalue weighted by Gasteiger charge is 2.37. The van der Waals surface area contributed by atoms with Crippen LogP contribution in [-0.4, -0.2) is 56.5 Å². The maximum absolute atomic E-state index is 12.6. The summed E-state index contributed by atoms with van der Waals surface area (Å²) in [5, 5.41) is 9.38. The summed E-state index contributed by atoms with van der Waals surface area (Å²) in [5.41, 5.74) is 1.49. The van der Waals surface area contributed by atoms with Gasteiger partial charge in [-0.1, -0.05) is 20.8 Å². The molecule has 2 amide bonds. The Kier molecular flexibility index (Phi) is 3.93. The molecule has 7 nitrogen and oxygen atoms in total. The summed E-state index contributed by atoms with van der Waals surface area (Å²) in [6.45, 7) is 6.92. The molecular formula is C14H22N4O3. The van der Waals surface area contributed by atoms with Gasteiger partial charge in [-0.15, -0.1) is 0 Å². The van der Waals surface area contributed by atoms with Crippen LogP contribution in [0.25, 0.3) is 0 Å². The molecule has 1 unspecified atom stereocenters. The molecule has 0 radical (unpaired) electrons. The van der Waals surface area contributed by atoms with E-state index in [0.29, 0.717) is 6.54 Å². The molecule has 0 saturated heterocycles. The number of carbonyl (C=O) groups excluding carboxylic acids is 1. The van der Waals surface area contributed by atoms with Crippen LogP contribution in [-0.2, 0) is 17.8 Å². The lowest BCUT2D eigenvalue weighted by Gasteiger charge is -2.37. The number of nitrogens with zero attached hydrogens (tertiary/aromatic N) is 3. The van der Waals surface area contributed by atoms with E-state index in [0.717, 1.165) is 11.4 Å². The summed E-state index contributed by atoms with van der Waals surface area (Å²) in [6.07, 6.45) is 1.78. The van der Waals surface area contributed by atoms with Gasteiger partial charge in [0.05, 0.1) is 24.3 Å². The highest BCUT2D eigenvalue weighted by Crippen LogP contribution is 2.23. The first kappa shape index (κ1) is 15.3. The van der Waals surface area contributed by atoms with Gasteiger partial charge in [0.25, 0.3) is 0 Å². The van der Waals surface area contributed by atoms with Crippen molar-refractivity contribution in [1.29, 1.82) is 0 Å². The van der Waals surface area contributed by atoms with E-state index in [9.17, 15) is 14.7 Å². The number of aromatic amines is 1. The fourth-order valence-electron chi connectivity index (χ4n) is 2.66. The van der Waals surface area contributed by atoms with Gasteiger partial charge in [0.2, 0.25) is 0 Å². The molecule has 0 saturated carbocycles. The Hall–Kier alpha value is -2.05. The van der Waals surface area contributed by atoms with Gasteiger partial charge in [-0.05, 0) is 5.41 Å². The second-order valence-electron chi connectivity index (χ2n) is 6.71. The minimum atomic E-state index is -0.999. The number of hydrogen-bond donors (Lipinski definition) is 2. The van der Waals surface area contributed by atoms with Crippen LogP contribution in [0.1, 0.15) is 32.2 Å². The van der Waals surface area contributed by atoms with E-state index in [1.807, 2.05) is 20.8 Å². The Bertz CT molecular complexity index is 547. The Balaban J connectivity index is 2.20. The number of aromatic nitrogens is 2. The molecule has 0 spiro atoms. The molecule has 1 atom stereocenters. The molecule has 116 valence electrons. The van der Waals surface area contributed by atoms with Crippen LogP contribution < -0.4 is 0 Å². The molecule has 2 heterocycles. The van der Waals surface area contributed by atoms with Gasteiger partial charge in [-0.3, -0.25) is 0 Å². The SMILES string of the molecule is CN(CC(C)(C)C)C(=O)N1Cc2[nH]cnc2CC1C(=O)O. The molecule has 0 aliphatic carbocycles. The standard InChI is InChI=1S/C14H22N4O3/c1-14(2,3)7-17(4)13(21)18-6-10-9(15-8-16-10)5-11(18)12(19)20/h8,11H,5-7H2,1-4H3,(H,15,16)(H,19,20). The number of hydrogen-bond acceptors (Lipinski definition) is 3. The van der Waals surface area contributed by atoms with Crippen LogP contribution in [0, 0.1) is 5.41 Å². The summed E-state index contributed by atoms with van der Waals surface area (Å²) in [7, 11) is 1.70. The number of rotatable bonds is 2. The molecule has 2 rings (SSSR count). The molecule has 1 aliphatic heterocycles. The monoisotopic (exact) mass is 294 g/mol. The van der Waals surface area contributed by atoms with Gasteiger partial charge in [0.15, 0.2) is 0 Å². The summed E-state index contributed by atoms with van der Waals surface area (Å²) in [4.78, 5) is 34.1. The molecule has 1 aliphatic rings. The summed E-state index contributed by atoms with van der Waals surface area (Å²) in [6, 6.07) is -1.13. The molecule has 0 aromatic carbocycles. The van der Waals surface area contributed by atoms with Crippen molar-refractivity contribution in [3.05, 3.63) is 17.7 Å². The van der Waals surface area contributed by atoms with E-state index < -0.39 is 12.0 Å². The number of amides is 2. The molecule has 1 aromatic heterocycles. The Morgan fingerprint density at radius 3 is 2.76 bits per heavy atom. The fraction of sp³-hybridized carbons (Fsp3) is 0.643. The van der Waals surface area contributed by atoms with Crippen LogP contribution in [0.2, 0.25) is 0 Å². The van der Waals surface area contributed by atoms with Crippen molar-refractivity contribution in [2.45, 2.75) is 39.8 Å². The number of carbonyl (C=O) groups is 2. The minimum Gasteiger partial charge on any atom is -0.480 e. The van der Waals surface area contributed by atoms with Crippen LogP contribution >= 0.6 is 0 Å². The van der Waals surface area contributed by atoms with Gasteiger partial charge in [-0.25, -0.2) is 14.6 Å². The van der Waals surface area contributed by atoms with Crippen molar-refractivity contribution < 1.29 is 14.7 Å². The largest absolute Gasteiger partial charge is 0.480 e. The van der Waals surface area contributed by atoms with Crippen molar-refractivity contribution in [1.82, 2.24) is 19.8 Å². The number of H-pyrrole nitrogens is 1. The molecule has 21 heavy (non-hydrogen) atoms. The lowest BCUT2D eigenvalue weighted by atomic mass is 9.96. The zero-order chi connectivity index (χ0) is 15.8. The van der Waals surface area contributed by atoms with Gasteiger partial charge in [-0.2, -0.15) is 0 Å². The van der Waals surface area contributed by atoms with E-state index in [1.165, 1.54) is 11.2 Å². The van der Waals surface area contributed by atoms with Crippen molar-refractivity contribution in [3.8, 4) is 0 Å². The Morgan fingerprint density at radius 2 is 2.19 bits per heavy atom. The number of urea groups is 1. The smallest absolute Gasteiger partial charge is 0.326 e. The van der Waals surface area contributed by atoms with Crippen LogP contribution in [0.4, 0.5) is 4.79 Å². The molecule has 0 bridgehead atoms. The topological polar surface area (TPSA) is 89.5 Å². The summed E-state index contributed by atoms with van der Waals surface area (Å²) < 4.78 is 0. The summed E-state index contributed by atoms with van der Waals surface area (Å²) in [5.74, 6) is -0.999. The van der Waals surface area contributed by atoms with E-state index in [-0.39, 0.29) is 24.4 Å². The number of imidazole rings is 1. The third-order valence-corrected chi connectivity index (χ3v) is 3.47. The van der Waals surface area contributed by atoms with E-state index in [1.54, 1.807) is 11.9 Å². The Morgan fingerprint density at radius 1 is 1.52 bits per heavy atom. The van der Waals surface area contributed by atoms with E-state index >= 15 is 0 Å². The predicted octanol–water partition coefficient (Wildman–Crippen LogP) is 1.32. The maximum atomic E-state index is 12.6. The van der Waals surface area contributed by atoms with Crippen LogP contribution in [0.15, 0.2) is 6.33 Å². The van der Waals surface area contributed by atoms with Crippen LogP contribution in [0.5, 0.6) is 0 Å².